The Bertz CT molecular complexity index is 1070. The summed E-state index contributed by atoms with van der Waals surface area (Å²) < 4.78 is 17.8. The normalized spacial score (nSPS) is 12.9. The fraction of sp³-hybridized carbons (Fsp3) is 0.312. The van der Waals surface area contributed by atoms with Crippen molar-refractivity contribution in [3.05, 3.63) is 30.1 Å². The summed E-state index contributed by atoms with van der Waals surface area (Å²) in [6, 6.07) is 4.44. The van der Waals surface area contributed by atoms with Crippen molar-refractivity contribution in [1.82, 2.24) is 19.5 Å². The summed E-state index contributed by atoms with van der Waals surface area (Å²) in [6.45, 7) is 2.20. The number of anilines is 2. The number of aromatic hydroxyl groups is 2. The molecule has 0 aliphatic heterocycles. The van der Waals surface area contributed by atoms with Crippen LogP contribution >= 0.6 is 7.60 Å². The first-order chi connectivity index (χ1) is 13.6. The number of benzene rings is 1. The van der Waals surface area contributed by atoms with E-state index in [1.807, 2.05) is 0 Å². The van der Waals surface area contributed by atoms with Crippen LogP contribution in [0.25, 0.3) is 11.2 Å². The Kier molecular flexibility index (Phi) is 5.89. The van der Waals surface area contributed by atoms with E-state index in [1.165, 1.54) is 18.5 Å². The maximum atomic E-state index is 10.9. The summed E-state index contributed by atoms with van der Waals surface area (Å²) in [4.78, 5) is 30.5. The minimum absolute atomic E-state index is 0.0130. The minimum atomic E-state index is -4.25. The van der Waals surface area contributed by atoms with Crippen molar-refractivity contribution >= 4 is 30.5 Å². The summed E-state index contributed by atoms with van der Waals surface area (Å²) in [5.74, 6) is -0.0526. The number of rotatable bonds is 8. The number of aromatic nitrogens is 4. The number of fused-ring (bicyclic) bond motifs is 1. The number of imidazole rings is 1. The molecule has 0 radical (unpaired) electrons. The monoisotopic (exact) mass is 424 g/mol. The van der Waals surface area contributed by atoms with Gasteiger partial charge in [0.15, 0.2) is 28.5 Å². The summed E-state index contributed by atoms with van der Waals surface area (Å²) >= 11 is 0. The van der Waals surface area contributed by atoms with E-state index in [2.05, 4.69) is 20.3 Å². The molecule has 0 fully saturated rings. The molecule has 7 N–H and O–H groups in total. The van der Waals surface area contributed by atoms with E-state index < -0.39 is 20.0 Å². The van der Waals surface area contributed by atoms with E-state index in [0.717, 1.165) is 0 Å². The molecule has 1 aromatic carbocycles. The number of phenolic OH excluding ortho intramolecular Hbond substituents is 2. The third-order valence-electron chi connectivity index (χ3n) is 3.96. The van der Waals surface area contributed by atoms with Gasteiger partial charge < -0.3 is 40.4 Å². The zero-order valence-corrected chi connectivity index (χ0v) is 16.3. The molecule has 1 unspecified atom stereocenters. The molecule has 0 saturated carbocycles. The number of hydrogen-bond donors (Lipinski definition) is 6. The molecule has 0 aliphatic rings. The van der Waals surface area contributed by atoms with Gasteiger partial charge in [-0.15, -0.1) is 0 Å². The molecule has 3 rings (SSSR count). The van der Waals surface area contributed by atoms with Crippen LogP contribution in [0.5, 0.6) is 11.5 Å². The number of hydrogen-bond acceptors (Lipinski definition) is 9. The van der Waals surface area contributed by atoms with Gasteiger partial charge in [0.2, 0.25) is 5.95 Å². The lowest BCUT2D eigenvalue weighted by Crippen LogP contribution is -2.17. The Morgan fingerprint density at radius 1 is 1.28 bits per heavy atom. The Morgan fingerprint density at radius 2 is 2.03 bits per heavy atom. The zero-order chi connectivity index (χ0) is 21.2. The molecule has 1 atom stereocenters. The van der Waals surface area contributed by atoms with Gasteiger partial charge in [-0.1, -0.05) is 6.07 Å². The Morgan fingerprint density at radius 3 is 2.72 bits per heavy atom. The molecule has 29 heavy (non-hydrogen) atoms. The largest absolute Gasteiger partial charge is 0.504 e. The molecule has 0 amide bonds. The van der Waals surface area contributed by atoms with Crippen molar-refractivity contribution in [2.45, 2.75) is 26.1 Å². The number of nitrogens with two attached hydrogens (primary N) is 1. The smallest absolute Gasteiger partial charge is 0.350 e. The van der Waals surface area contributed by atoms with Crippen LogP contribution in [-0.2, 0) is 22.4 Å². The number of phenols is 2. The van der Waals surface area contributed by atoms with Gasteiger partial charge in [-0.3, -0.25) is 4.57 Å². The lowest BCUT2D eigenvalue weighted by Gasteiger charge is -2.14. The van der Waals surface area contributed by atoms with Crippen LogP contribution in [0.15, 0.2) is 24.5 Å². The van der Waals surface area contributed by atoms with Gasteiger partial charge in [0, 0.05) is 6.54 Å². The van der Waals surface area contributed by atoms with E-state index in [4.69, 9.17) is 20.3 Å². The number of nitrogen functional groups attached to an aromatic ring is 1. The van der Waals surface area contributed by atoms with Crippen molar-refractivity contribution in [1.29, 1.82) is 0 Å². The van der Waals surface area contributed by atoms with Crippen LogP contribution in [0.3, 0.4) is 0 Å². The highest BCUT2D eigenvalue weighted by atomic mass is 31.2. The standard InChI is InChI=1S/C16H21N6O6P/c1-9(28-8-29(25,26)27)6-22-7-19-13-14(20-16(17)21-15(13)22)18-5-10-2-3-11(23)12(24)4-10/h2-4,7,9,23-24H,5-6,8H2,1H3,(H2,25,26,27)(H3,17,18,20,21). The van der Waals surface area contributed by atoms with Crippen molar-refractivity contribution in [2.24, 2.45) is 0 Å². The van der Waals surface area contributed by atoms with Crippen molar-refractivity contribution < 1.29 is 29.3 Å². The van der Waals surface area contributed by atoms with Crippen LogP contribution in [-0.4, -0.2) is 52.0 Å². The Hall–Kier alpha value is -2.92. The maximum absolute atomic E-state index is 10.9. The van der Waals surface area contributed by atoms with E-state index in [9.17, 15) is 14.8 Å². The predicted molar refractivity (Wildman–Crippen MR) is 104 cm³/mol. The Balaban J connectivity index is 1.77. The second-order valence-electron chi connectivity index (χ2n) is 6.45. The van der Waals surface area contributed by atoms with Gasteiger partial charge in [-0.25, -0.2) is 4.98 Å². The van der Waals surface area contributed by atoms with Crippen molar-refractivity contribution in [3.63, 3.8) is 0 Å². The first kappa shape index (κ1) is 20.8. The van der Waals surface area contributed by atoms with Crippen LogP contribution in [0, 0.1) is 0 Å². The van der Waals surface area contributed by atoms with Crippen LogP contribution < -0.4 is 11.1 Å². The minimum Gasteiger partial charge on any atom is -0.504 e. The van der Waals surface area contributed by atoms with Crippen LogP contribution in [0.1, 0.15) is 12.5 Å². The summed E-state index contributed by atoms with van der Waals surface area (Å²) in [5.41, 5.74) is 7.38. The average Bonchev–Trinajstić information content (AvgIpc) is 3.03. The average molecular weight is 424 g/mol. The highest BCUT2D eigenvalue weighted by molar-refractivity contribution is 7.51. The number of nitrogens with zero attached hydrogens (tertiary/aromatic N) is 4. The van der Waals surface area contributed by atoms with Gasteiger partial charge in [-0.05, 0) is 24.6 Å². The van der Waals surface area contributed by atoms with E-state index >= 15 is 0 Å². The fourth-order valence-corrected chi connectivity index (χ4v) is 3.09. The van der Waals surface area contributed by atoms with E-state index in [0.29, 0.717) is 22.5 Å². The summed E-state index contributed by atoms with van der Waals surface area (Å²) in [7, 11) is -4.25. The third kappa shape index (κ3) is 5.33. The zero-order valence-electron chi connectivity index (χ0n) is 15.4. The number of nitrogens with one attached hydrogen (secondary N) is 1. The van der Waals surface area contributed by atoms with Gasteiger partial charge in [0.1, 0.15) is 6.35 Å². The summed E-state index contributed by atoms with van der Waals surface area (Å²) in [6.07, 6.45) is 0.324. The first-order valence-electron chi connectivity index (χ1n) is 8.51. The highest BCUT2D eigenvalue weighted by Crippen LogP contribution is 2.34. The SMILES string of the molecule is CC(Cn1cnc2c(NCc3ccc(O)c(O)c3)nc(N)nc21)OCP(=O)(O)O. The molecule has 156 valence electrons. The molecule has 3 aromatic rings. The molecule has 0 bridgehead atoms. The van der Waals surface area contributed by atoms with Crippen molar-refractivity contribution in [3.8, 4) is 11.5 Å². The van der Waals surface area contributed by atoms with Crippen LogP contribution in [0.2, 0.25) is 0 Å². The molecule has 0 aliphatic carbocycles. The third-order valence-corrected chi connectivity index (χ3v) is 4.45. The molecule has 2 heterocycles. The van der Waals surface area contributed by atoms with Crippen molar-refractivity contribution in [2.75, 3.05) is 17.4 Å². The summed E-state index contributed by atoms with van der Waals surface area (Å²) in [5, 5.41) is 22.1. The maximum Gasteiger partial charge on any atom is 0.350 e. The van der Waals surface area contributed by atoms with Gasteiger partial charge in [0.05, 0.1) is 19.0 Å². The van der Waals surface area contributed by atoms with Gasteiger partial charge >= 0.3 is 7.60 Å². The quantitative estimate of drug-likeness (QED) is 0.223. The van der Waals surface area contributed by atoms with Crippen LogP contribution in [0.4, 0.5) is 11.8 Å². The highest BCUT2D eigenvalue weighted by Gasteiger charge is 2.18. The molecule has 0 saturated heterocycles. The second kappa shape index (κ2) is 8.21. The van der Waals surface area contributed by atoms with E-state index in [-0.39, 0.29) is 30.5 Å². The second-order valence-corrected chi connectivity index (χ2v) is 8.03. The molecule has 0 spiro atoms. The van der Waals surface area contributed by atoms with E-state index in [1.54, 1.807) is 17.6 Å². The molecule has 13 heteroatoms. The number of ether oxygens (including phenoxy) is 1. The fourth-order valence-electron chi connectivity index (χ4n) is 2.64. The first-order valence-corrected chi connectivity index (χ1v) is 10.3. The van der Waals surface area contributed by atoms with Gasteiger partial charge in [0.25, 0.3) is 0 Å². The lowest BCUT2D eigenvalue weighted by molar-refractivity contribution is 0.0764. The molecule has 12 nitrogen and oxygen atoms in total. The molecular formula is C16H21N6O6P. The van der Waals surface area contributed by atoms with Gasteiger partial charge in [-0.2, -0.15) is 9.97 Å². The molecule has 2 aromatic heterocycles. The lowest BCUT2D eigenvalue weighted by atomic mass is 10.2. The molecular weight excluding hydrogens is 403 g/mol. The Labute approximate surface area is 165 Å². The topological polar surface area (TPSA) is 189 Å². The predicted octanol–water partition coefficient (Wildman–Crippen LogP) is 0.972.